The summed E-state index contributed by atoms with van der Waals surface area (Å²) in [6, 6.07) is 11.1. The van der Waals surface area contributed by atoms with Crippen LogP contribution in [0, 0.1) is 11.8 Å². The Morgan fingerprint density at radius 1 is 0.879 bits per heavy atom. The van der Waals surface area contributed by atoms with Crippen LogP contribution in [0.5, 0.6) is 23.0 Å². The molecule has 8 heteroatoms. The maximum Gasteiger partial charge on any atom is 0.308 e. The molecule has 8 nitrogen and oxygen atoms in total. The SMILES string of the molecule is COc1ccc(CC2COC(c3ccc(OC(C)=O)c(OC)c3)C2COC(C)=O)cc1OC. The van der Waals surface area contributed by atoms with E-state index in [0.29, 0.717) is 36.0 Å². The summed E-state index contributed by atoms with van der Waals surface area (Å²) in [5.41, 5.74) is 1.92. The monoisotopic (exact) mass is 458 g/mol. The first kappa shape index (κ1) is 24.4. The van der Waals surface area contributed by atoms with Crippen molar-refractivity contribution in [1.29, 1.82) is 0 Å². The smallest absolute Gasteiger partial charge is 0.308 e. The zero-order valence-electron chi connectivity index (χ0n) is 19.6. The van der Waals surface area contributed by atoms with Gasteiger partial charge in [0.1, 0.15) is 0 Å². The van der Waals surface area contributed by atoms with Crippen molar-refractivity contribution in [2.75, 3.05) is 34.5 Å². The van der Waals surface area contributed by atoms with Crippen molar-refractivity contribution in [1.82, 2.24) is 0 Å². The van der Waals surface area contributed by atoms with Gasteiger partial charge in [-0.2, -0.15) is 0 Å². The number of hydrogen-bond donors (Lipinski definition) is 0. The summed E-state index contributed by atoms with van der Waals surface area (Å²) in [4.78, 5) is 22.9. The van der Waals surface area contributed by atoms with Crippen molar-refractivity contribution >= 4 is 11.9 Å². The molecular weight excluding hydrogens is 428 g/mol. The molecule has 3 rings (SSSR count). The van der Waals surface area contributed by atoms with E-state index in [2.05, 4.69) is 0 Å². The number of ether oxygens (including phenoxy) is 6. The Balaban J connectivity index is 1.86. The maximum atomic E-state index is 11.5. The standard InChI is InChI=1S/C25H30O8/c1-15(26)31-14-20-19(10-17-6-8-21(28-3)23(11-17)29-4)13-32-25(20)18-7-9-22(33-16(2)27)24(12-18)30-5/h6-9,11-12,19-20,25H,10,13-14H2,1-5H3. The molecule has 33 heavy (non-hydrogen) atoms. The molecule has 0 aliphatic carbocycles. The fourth-order valence-corrected chi connectivity index (χ4v) is 4.12. The molecule has 1 heterocycles. The normalized spacial score (nSPS) is 19.6. The minimum absolute atomic E-state index is 0.0775. The number of hydrogen-bond acceptors (Lipinski definition) is 8. The van der Waals surface area contributed by atoms with Gasteiger partial charge in [-0.1, -0.05) is 12.1 Å². The number of rotatable bonds is 9. The van der Waals surface area contributed by atoms with E-state index in [0.717, 1.165) is 11.1 Å². The molecule has 3 atom stereocenters. The zero-order valence-corrected chi connectivity index (χ0v) is 19.6. The predicted octanol–water partition coefficient (Wildman–Crippen LogP) is 3.75. The third-order valence-corrected chi connectivity index (χ3v) is 5.68. The molecule has 2 aromatic carbocycles. The summed E-state index contributed by atoms with van der Waals surface area (Å²) in [7, 11) is 4.72. The first-order chi connectivity index (χ1) is 15.9. The van der Waals surface area contributed by atoms with Gasteiger partial charge in [-0.25, -0.2) is 0 Å². The van der Waals surface area contributed by atoms with Crippen LogP contribution >= 0.6 is 0 Å². The van der Waals surface area contributed by atoms with Crippen molar-refractivity contribution in [2.45, 2.75) is 26.4 Å². The van der Waals surface area contributed by atoms with E-state index in [4.69, 9.17) is 28.4 Å². The minimum atomic E-state index is -0.430. The quantitative estimate of drug-likeness (QED) is 0.415. The van der Waals surface area contributed by atoms with Crippen molar-refractivity contribution in [3.05, 3.63) is 47.5 Å². The van der Waals surface area contributed by atoms with Gasteiger partial charge in [0.25, 0.3) is 0 Å². The van der Waals surface area contributed by atoms with Gasteiger partial charge in [0.05, 0.1) is 40.6 Å². The van der Waals surface area contributed by atoms with Crippen LogP contribution < -0.4 is 18.9 Å². The molecule has 0 amide bonds. The molecular formula is C25H30O8. The van der Waals surface area contributed by atoms with Gasteiger partial charge < -0.3 is 28.4 Å². The van der Waals surface area contributed by atoms with Gasteiger partial charge in [0.15, 0.2) is 23.0 Å². The number of benzene rings is 2. The highest BCUT2D eigenvalue weighted by atomic mass is 16.6. The topological polar surface area (TPSA) is 89.5 Å². The average molecular weight is 459 g/mol. The Kier molecular flexibility index (Phi) is 8.16. The zero-order chi connectivity index (χ0) is 24.0. The maximum absolute atomic E-state index is 11.5. The van der Waals surface area contributed by atoms with Crippen molar-refractivity contribution in [3.63, 3.8) is 0 Å². The fourth-order valence-electron chi connectivity index (χ4n) is 4.12. The second-order valence-electron chi connectivity index (χ2n) is 7.88. The lowest BCUT2D eigenvalue weighted by molar-refractivity contribution is -0.143. The van der Waals surface area contributed by atoms with Gasteiger partial charge in [-0.3, -0.25) is 9.59 Å². The summed E-state index contributed by atoms with van der Waals surface area (Å²) < 4.78 is 32.9. The Hall–Kier alpha value is -3.26. The molecule has 1 aliphatic heterocycles. The van der Waals surface area contributed by atoms with E-state index in [-0.39, 0.29) is 30.5 Å². The highest BCUT2D eigenvalue weighted by Crippen LogP contribution is 2.43. The van der Waals surface area contributed by atoms with Crippen LogP contribution in [0.1, 0.15) is 31.1 Å². The number of esters is 2. The van der Waals surface area contributed by atoms with Gasteiger partial charge in [-0.05, 0) is 47.7 Å². The third-order valence-electron chi connectivity index (χ3n) is 5.68. The largest absolute Gasteiger partial charge is 0.493 e. The Morgan fingerprint density at radius 2 is 1.55 bits per heavy atom. The Labute approximate surface area is 193 Å². The Bertz CT molecular complexity index is 986. The molecule has 0 spiro atoms. The fraction of sp³-hybridized carbons (Fsp3) is 0.440. The summed E-state index contributed by atoms with van der Waals surface area (Å²) in [5.74, 6) is 1.35. The lowest BCUT2D eigenvalue weighted by atomic mass is 9.84. The molecule has 0 bridgehead atoms. The van der Waals surface area contributed by atoms with E-state index in [1.54, 1.807) is 26.4 Å². The molecule has 1 aliphatic rings. The van der Waals surface area contributed by atoms with E-state index in [1.807, 2.05) is 24.3 Å². The second-order valence-corrected chi connectivity index (χ2v) is 7.88. The highest BCUT2D eigenvalue weighted by molar-refractivity contribution is 5.70. The lowest BCUT2D eigenvalue weighted by Crippen LogP contribution is -2.24. The van der Waals surface area contributed by atoms with Gasteiger partial charge >= 0.3 is 11.9 Å². The van der Waals surface area contributed by atoms with Crippen LogP contribution in [0.15, 0.2) is 36.4 Å². The summed E-state index contributed by atoms with van der Waals surface area (Å²) >= 11 is 0. The first-order valence-electron chi connectivity index (χ1n) is 10.7. The molecule has 3 unspecified atom stereocenters. The van der Waals surface area contributed by atoms with E-state index >= 15 is 0 Å². The average Bonchev–Trinajstić information content (AvgIpc) is 3.19. The van der Waals surface area contributed by atoms with E-state index in [9.17, 15) is 9.59 Å². The molecule has 0 aromatic heterocycles. The van der Waals surface area contributed by atoms with Gasteiger partial charge in [0, 0.05) is 19.8 Å². The van der Waals surface area contributed by atoms with Gasteiger partial charge in [-0.15, -0.1) is 0 Å². The Morgan fingerprint density at radius 3 is 2.18 bits per heavy atom. The van der Waals surface area contributed by atoms with Gasteiger partial charge in [0.2, 0.25) is 0 Å². The van der Waals surface area contributed by atoms with Crippen LogP contribution in [0.2, 0.25) is 0 Å². The third kappa shape index (κ3) is 5.96. The second kappa shape index (κ2) is 11.0. The molecule has 2 aromatic rings. The van der Waals surface area contributed by atoms with Crippen molar-refractivity contribution in [3.8, 4) is 23.0 Å². The first-order valence-corrected chi connectivity index (χ1v) is 10.7. The summed E-state index contributed by atoms with van der Waals surface area (Å²) in [6.07, 6.45) is 0.403. The summed E-state index contributed by atoms with van der Waals surface area (Å²) in [6.45, 7) is 3.46. The van der Waals surface area contributed by atoms with Crippen molar-refractivity contribution in [2.24, 2.45) is 11.8 Å². The van der Waals surface area contributed by atoms with Crippen LogP contribution in [-0.2, 0) is 25.5 Å². The minimum Gasteiger partial charge on any atom is -0.493 e. The number of methoxy groups -OCH3 is 3. The van der Waals surface area contributed by atoms with Crippen molar-refractivity contribution < 1.29 is 38.0 Å². The van der Waals surface area contributed by atoms with Crippen LogP contribution in [-0.4, -0.2) is 46.5 Å². The highest BCUT2D eigenvalue weighted by Gasteiger charge is 2.39. The molecule has 1 saturated heterocycles. The molecule has 0 saturated carbocycles. The van der Waals surface area contributed by atoms with Crippen LogP contribution in [0.4, 0.5) is 0 Å². The van der Waals surface area contributed by atoms with E-state index in [1.165, 1.54) is 21.0 Å². The van der Waals surface area contributed by atoms with Crippen LogP contribution in [0.3, 0.4) is 0 Å². The molecule has 178 valence electrons. The predicted molar refractivity (Wildman–Crippen MR) is 120 cm³/mol. The number of carbonyl (C=O) groups excluding carboxylic acids is 2. The number of carbonyl (C=O) groups is 2. The summed E-state index contributed by atoms with van der Waals surface area (Å²) in [5, 5.41) is 0. The lowest BCUT2D eigenvalue weighted by Gasteiger charge is -2.24. The molecule has 0 radical (unpaired) electrons. The van der Waals surface area contributed by atoms with Crippen LogP contribution in [0.25, 0.3) is 0 Å². The molecule has 0 N–H and O–H groups in total. The van der Waals surface area contributed by atoms with E-state index < -0.39 is 5.97 Å². The molecule has 1 fully saturated rings.